The van der Waals surface area contributed by atoms with E-state index in [1.54, 1.807) is 0 Å². The van der Waals surface area contributed by atoms with Crippen molar-refractivity contribution < 1.29 is 0 Å². The summed E-state index contributed by atoms with van der Waals surface area (Å²) in [6.45, 7) is 2.12. The number of aryl methyl sites for hydroxylation is 2. The van der Waals surface area contributed by atoms with Gasteiger partial charge in [0.2, 0.25) is 0 Å². The van der Waals surface area contributed by atoms with E-state index in [1.165, 1.54) is 11.1 Å². The minimum atomic E-state index is 0.838. The lowest BCUT2D eigenvalue weighted by Crippen LogP contribution is -1.86. The monoisotopic (exact) mass is 144 g/mol. The Bertz CT molecular complexity index is 266. The summed E-state index contributed by atoms with van der Waals surface area (Å²) in [6, 6.07) is 8.35. The summed E-state index contributed by atoms with van der Waals surface area (Å²) < 4.78 is 0. The highest BCUT2D eigenvalue weighted by molar-refractivity contribution is 5.26. The molecule has 0 nitrogen and oxygen atoms in total. The quantitative estimate of drug-likeness (QED) is 0.559. The van der Waals surface area contributed by atoms with E-state index in [1.807, 2.05) is 0 Å². The second kappa shape index (κ2) is 3.83. The number of terminal acetylenes is 1. The Hall–Kier alpha value is -1.22. The smallest absolute Gasteiger partial charge is 0.0127 e. The van der Waals surface area contributed by atoms with Crippen LogP contribution in [0.2, 0.25) is 0 Å². The van der Waals surface area contributed by atoms with Gasteiger partial charge in [0.1, 0.15) is 0 Å². The molecular formula is C11H12. The van der Waals surface area contributed by atoms with Crippen molar-refractivity contribution in [1.82, 2.24) is 0 Å². The van der Waals surface area contributed by atoms with Crippen molar-refractivity contribution in [2.75, 3.05) is 0 Å². The van der Waals surface area contributed by atoms with Crippen molar-refractivity contribution in [2.45, 2.75) is 19.8 Å². The van der Waals surface area contributed by atoms with Crippen molar-refractivity contribution in [2.24, 2.45) is 0 Å². The standard InChI is InChI=1S/C11H12/c1-3-4-8-11-9-6-5-7-10(11)2/h1,5-7,9H,4,8H2,2H3. The van der Waals surface area contributed by atoms with Gasteiger partial charge in [0.25, 0.3) is 0 Å². The summed E-state index contributed by atoms with van der Waals surface area (Å²) in [5.74, 6) is 2.64. The first-order chi connectivity index (χ1) is 5.34. The molecule has 0 fully saturated rings. The lowest BCUT2D eigenvalue weighted by atomic mass is 10.0. The fraction of sp³-hybridized carbons (Fsp3) is 0.273. The molecule has 1 aromatic rings. The Labute approximate surface area is 68.3 Å². The zero-order valence-electron chi connectivity index (χ0n) is 6.80. The summed E-state index contributed by atoms with van der Waals surface area (Å²) in [4.78, 5) is 0. The van der Waals surface area contributed by atoms with Crippen LogP contribution in [-0.4, -0.2) is 0 Å². The summed E-state index contributed by atoms with van der Waals surface area (Å²) in [6.07, 6.45) is 7.02. The third kappa shape index (κ3) is 2.13. The first-order valence-electron chi connectivity index (χ1n) is 3.82. The van der Waals surface area contributed by atoms with E-state index in [0.29, 0.717) is 0 Å². The van der Waals surface area contributed by atoms with E-state index in [9.17, 15) is 0 Å². The molecule has 0 aromatic heterocycles. The van der Waals surface area contributed by atoms with Gasteiger partial charge in [-0.05, 0) is 24.5 Å². The second-order valence-electron chi connectivity index (χ2n) is 2.63. The summed E-state index contributed by atoms with van der Waals surface area (Å²) in [7, 11) is 0. The molecule has 0 aliphatic heterocycles. The maximum Gasteiger partial charge on any atom is 0.0127 e. The van der Waals surface area contributed by atoms with Crippen LogP contribution in [0.15, 0.2) is 24.3 Å². The van der Waals surface area contributed by atoms with Crippen LogP contribution in [0.3, 0.4) is 0 Å². The normalized spacial score (nSPS) is 9.09. The predicted molar refractivity (Wildman–Crippen MR) is 48.3 cm³/mol. The molecule has 0 heteroatoms. The SMILES string of the molecule is C#CCCc1ccccc1C. The zero-order valence-corrected chi connectivity index (χ0v) is 6.80. The molecule has 1 rings (SSSR count). The van der Waals surface area contributed by atoms with Gasteiger partial charge in [0.15, 0.2) is 0 Å². The van der Waals surface area contributed by atoms with E-state index < -0.39 is 0 Å². The molecular weight excluding hydrogens is 132 g/mol. The molecule has 56 valence electrons. The molecule has 0 amide bonds. The van der Waals surface area contributed by atoms with E-state index >= 15 is 0 Å². The topological polar surface area (TPSA) is 0 Å². The van der Waals surface area contributed by atoms with Crippen LogP contribution in [0, 0.1) is 19.3 Å². The molecule has 0 atom stereocenters. The third-order valence-electron chi connectivity index (χ3n) is 1.80. The molecule has 1 aromatic carbocycles. The van der Waals surface area contributed by atoms with Crippen molar-refractivity contribution in [3.63, 3.8) is 0 Å². The summed E-state index contributed by atoms with van der Waals surface area (Å²) in [5.41, 5.74) is 2.70. The van der Waals surface area contributed by atoms with Gasteiger partial charge in [0, 0.05) is 6.42 Å². The minimum Gasteiger partial charge on any atom is -0.120 e. The van der Waals surface area contributed by atoms with Gasteiger partial charge in [-0.25, -0.2) is 0 Å². The molecule has 0 saturated heterocycles. The van der Waals surface area contributed by atoms with Gasteiger partial charge in [0.05, 0.1) is 0 Å². The molecule has 0 spiro atoms. The lowest BCUT2D eigenvalue weighted by Gasteiger charge is -2.00. The highest BCUT2D eigenvalue weighted by Crippen LogP contribution is 2.08. The first-order valence-corrected chi connectivity index (χ1v) is 3.82. The average molecular weight is 144 g/mol. The van der Waals surface area contributed by atoms with Crippen LogP contribution in [0.4, 0.5) is 0 Å². The second-order valence-corrected chi connectivity index (χ2v) is 2.63. The van der Waals surface area contributed by atoms with Gasteiger partial charge >= 0.3 is 0 Å². The van der Waals surface area contributed by atoms with E-state index in [-0.39, 0.29) is 0 Å². The minimum absolute atomic E-state index is 0.838. The Morgan fingerprint density at radius 1 is 1.36 bits per heavy atom. The molecule has 0 radical (unpaired) electrons. The Balaban J connectivity index is 2.71. The van der Waals surface area contributed by atoms with Crippen molar-refractivity contribution >= 4 is 0 Å². The van der Waals surface area contributed by atoms with Crippen LogP contribution in [0.25, 0.3) is 0 Å². The maximum absolute atomic E-state index is 5.18. The van der Waals surface area contributed by atoms with Crippen LogP contribution < -0.4 is 0 Å². The van der Waals surface area contributed by atoms with Crippen LogP contribution in [-0.2, 0) is 6.42 Å². The fourth-order valence-corrected chi connectivity index (χ4v) is 1.10. The largest absolute Gasteiger partial charge is 0.120 e. The fourth-order valence-electron chi connectivity index (χ4n) is 1.10. The molecule has 0 unspecified atom stereocenters. The number of hydrogen-bond acceptors (Lipinski definition) is 0. The Morgan fingerprint density at radius 3 is 2.73 bits per heavy atom. The average Bonchev–Trinajstić information content (AvgIpc) is 2.03. The van der Waals surface area contributed by atoms with Crippen LogP contribution in [0.1, 0.15) is 17.5 Å². The summed E-state index contributed by atoms with van der Waals surface area (Å²) in [5, 5.41) is 0. The van der Waals surface area contributed by atoms with Crippen molar-refractivity contribution in [1.29, 1.82) is 0 Å². The Morgan fingerprint density at radius 2 is 2.09 bits per heavy atom. The number of benzene rings is 1. The zero-order chi connectivity index (χ0) is 8.10. The lowest BCUT2D eigenvalue weighted by molar-refractivity contribution is 1.01. The van der Waals surface area contributed by atoms with Gasteiger partial charge < -0.3 is 0 Å². The van der Waals surface area contributed by atoms with Crippen LogP contribution >= 0.6 is 0 Å². The predicted octanol–water partition coefficient (Wildman–Crippen LogP) is 2.56. The van der Waals surface area contributed by atoms with E-state index in [0.717, 1.165) is 12.8 Å². The number of rotatable bonds is 2. The Kier molecular flexibility index (Phi) is 2.74. The van der Waals surface area contributed by atoms with Crippen molar-refractivity contribution in [3.05, 3.63) is 35.4 Å². The molecule has 11 heavy (non-hydrogen) atoms. The highest BCUT2D eigenvalue weighted by Gasteiger charge is 1.93. The molecule has 0 heterocycles. The van der Waals surface area contributed by atoms with E-state index in [2.05, 4.69) is 37.1 Å². The molecule has 0 N–H and O–H groups in total. The maximum atomic E-state index is 5.18. The first kappa shape index (κ1) is 7.88. The summed E-state index contributed by atoms with van der Waals surface area (Å²) >= 11 is 0. The molecule has 0 aliphatic carbocycles. The van der Waals surface area contributed by atoms with E-state index in [4.69, 9.17) is 6.42 Å². The van der Waals surface area contributed by atoms with Crippen molar-refractivity contribution in [3.8, 4) is 12.3 Å². The van der Waals surface area contributed by atoms with Gasteiger partial charge in [-0.1, -0.05) is 24.3 Å². The van der Waals surface area contributed by atoms with Crippen LogP contribution in [0.5, 0.6) is 0 Å². The van der Waals surface area contributed by atoms with Gasteiger partial charge in [-0.2, -0.15) is 0 Å². The molecule has 0 bridgehead atoms. The third-order valence-corrected chi connectivity index (χ3v) is 1.80. The molecule has 0 aliphatic rings. The van der Waals surface area contributed by atoms with Gasteiger partial charge in [-0.3, -0.25) is 0 Å². The highest BCUT2D eigenvalue weighted by atomic mass is 14.0. The number of hydrogen-bond donors (Lipinski definition) is 0. The van der Waals surface area contributed by atoms with Gasteiger partial charge in [-0.15, -0.1) is 12.3 Å². The molecule has 0 saturated carbocycles.